The molecule has 0 aromatic heterocycles. The largest absolute Gasteiger partial charge is 0.418 e. The average Bonchev–Trinajstić information content (AvgIpc) is 2.43. The molecule has 0 aliphatic carbocycles. The highest BCUT2D eigenvalue weighted by atomic mass is 19.4. The van der Waals surface area contributed by atoms with E-state index in [1.54, 1.807) is 6.07 Å². The van der Waals surface area contributed by atoms with Crippen molar-refractivity contribution in [3.8, 4) is 6.07 Å². The fourth-order valence-electron chi connectivity index (χ4n) is 1.74. The fraction of sp³-hybridized carbons (Fsp3) is 0.429. The summed E-state index contributed by atoms with van der Waals surface area (Å²) >= 11 is 0. The van der Waals surface area contributed by atoms with E-state index in [4.69, 9.17) is 11.0 Å². The van der Waals surface area contributed by atoms with Crippen LogP contribution in [0.4, 0.5) is 18.9 Å². The third-order valence-corrected chi connectivity index (χ3v) is 2.92. The zero-order valence-electron chi connectivity index (χ0n) is 11.5. The minimum absolute atomic E-state index is 0.129. The molecule has 0 saturated carbocycles. The van der Waals surface area contributed by atoms with Crippen LogP contribution >= 0.6 is 0 Å². The van der Waals surface area contributed by atoms with Gasteiger partial charge in [-0.05, 0) is 24.6 Å². The summed E-state index contributed by atoms with van der Waals surface area (Å²) in [7, 11) is 0. The van der Waals surface area contributed by atoms with Crippen LogP contribution in [0.15, 0.2) is 18.2 Å². The molecule has 0 bridgehead atoms. The number of hydrogen-bond acceptors (Lipinski definition) is 3. The molecule has 1 amide bonds. The van der Waals surface area contributed by atoms with Crippen LogP contribution in [-0.4, -0.2) is 11.9 Å². The summed E-state index contributed by atoms with van der Waals surface area (Å²) in [5.74, 6) is -0.668. The van der Waals surface area contributed by atoms with Gasteiger partial charge in [-0.1, -0.05) is 19.8 Å². The molecule has 0 spiro atoms. The number of carbonyl (C=O) groups is 1. The SMILES string of the molecule is CCCC[C@H](N)C(=O)Nc1ccc(C#N)cc1C(F)(F)F. The molecule has 1 aromatic rings. The van der Waals surface area contributed by atoms with Gasteiger partial charge in [-0.2, -0.15) is 18.4 Å². The lowest BCUT2D eigenvalue weighted by atomic mass is 10.1. The third kappa shape index (κ3) is 4.76. The van der Waals surface area contributed by atoms with Crippen molar-refractivity contribution in [1.29, 1.82) is 5.26 Å². The van der Waals surface area contributed by atoms with Gasteiger partial charge in [-0.25, -0.2) is 0 Å². The lowest BCUT2D eigenvalue weighted by Gasteiger charge is -2.16. The van der Waals surface area contributed by atoms with E-state index < -0.39 is 29.4 Å². The molecular formula is C14H16F3N3O. The third-order valence-electron chi connectivity index (χ3n) is 2.92. The number of rotatable bonds is 5. The quantitative estimate of drug-likeness (QED) is 0.877. The molecule has 1 atom stereocenters. The first-order valence-electron chi connectivity index (χ1n) is 6.47. The highest BCUT2D eigenvalue weighted by Crippen LogP contribution is 2.35. The molecular weight excluding hydrogens is 283 g/mol. The van der Waals surface area contributed by atoms with Gasteiger partial charge < -0.3 is 11.1 Å². The Balaban J connectivity index is 2.98. The molecule has 0 aliphatic heterocycles. The number of unbranched alkanes of at least 4 members (excludes halogenated alkanes) is 1. The fourth-order valence-corrected chi connectivity index (χ4v) is 1.74. The molecule has 7 heteroatoms. The van der Waals surface area contributed by atoms with Gasteiger partial charge in [-0.3, -0.25) is 4.79 Å². The Morgan fingerprint density at radius 3 is 2.67 bits per heavy atom. The molecule has 0 fully saturated rings. The van der Waals surface area contributed by atoms with E-state index in [2.05, 4.69) is 5.32 Å². The summed E-state index contributed by atoms with van der Waals surface area (Å²) in [5, 5.41) is 10.8. The lowest BCUT2D eigenvalue weighted by Crippen LogP contribution is -2.36. The van der Waals surface area contributed by atoms with Crippen LogP contribution in [0.2, 0.25) is 0 Å². The minimum Gasteiger partial charge on any atom is -0.324 e. The molecule has 4 nitrogen and oxygen atoms in total. The highest BCUT2D eigenvalue weighted by molar-refractivity contribution is 5.95. The van der Waals surface area contributed by atoms with Crippen LogP contribution in [0.5, 0.6) is 0 Å². The Hall–Kier alpha value is -2.07. The van der Waals surface area contributed by atoms with E-state index in [0.29, 0.717) is 18.9 Å². The summed E-state index contributed by atoms with van der Waals surface area (Å²) < 4.78 is 38.8. The zero-order valence-corrected chi connectivity index (χ0v) is 11.5. The van der Waals surface area contributed by atoms with Crippen LogP contribution in [-0.2, 0) is 11.0 Å². The first kappa shape index (κ1) is 17.0. The molecule has 21 heavy (non-hydrogen) atoms. The summed E-state index contributed by atoms with van der Waals surface area (Å²) in [6, 6.07) is 3.75. The Morgan fingerprint density at radius 2 is 2.14 bits per heavy atom. The van der Waals surface area contributed by atoms with Gasteiger partial charge in [0.05, 0.1) is 28.9 Å². The maximum absolute atomic E-state index is 12.9. The molecule has 1 aromatic carbocycles. The van der Waals surface area contributed by atoms with E-state index in [1.807, 2.05) is 6.92 Å². The number of benzene rings is 1. The van der Waals surface area contributed by atoms with Gasteiger partial charge in [0, 0.05) is 0 Å². The maximum atomic E-state index is 12.9. The molecule has 0 unspecified atom stereocenters. The van der Waals surface area contributed by atoms with E-state index >= 15 is 0 Å². The molecule has 1 rings (SSSR count). The van der Waals surface area contributed by atoms with Crippen molar-refractivity contribution in [1.82, 2.24) is 0 Å². The highest BCUT2D eigenvalue weighted by Gasteiger charge is 2.34. The summed E-state index contributed by atoms with van der Waals surface area (Å²) in [5.41, 5.74) is 4.04. The van der Waals surface area contributed by atoms with E-state index in [0.717, 1.165) is 12.5 Å². The number of carbonyl (C=O) groups excluding carboxylic acids is 1. The first-order chi connectivity index (χ1) is 9.79. The predicted molar refractivity (Wildman–Crippen MR) is 72.3 cm³/mol. The smallest absolute Gasteiger partial charge is 0.324 e. The minimum atomic E-state index is -4.66. The van der Waals surface area contributed by atoms with Crippen molar-refractivity contribution in [2.24, 2.45) is 5.73 Å². The molecule has 0 saturated heterocycles. The normalized spacial score (nSPS) is 12.6. The summed E-state index contributed by atoms with van der Waals surface area (Å²) in [6.07, 6.45) is -2.71. The first-order valence-corrected chi connectivity index (χ1v) is 6.47. The van der Waals surface area contributed by atoms with Gasteiger partial charge in [0.1, 0.15) is 0 Å². The number of alkyl halides is 3. The van der Waals surface area contributed by atoms with Crippen LogP contribution in [0.1, 0.15) is 37.3 Å². The van der Waals surface area contributed by atoms with Gasteiger partial charge in [0.2, 0.25) is 5.91 Å². The number of anilines is 1. The van der Waals surface area contributed by atoms with Gasteiger partial charge in [0.15, 0.2) is 0 Å². The molecule has 0 radical (unpaired) electrons. The number of nitrogens with one attached hydrogen (secondary N) is 1. The number of amides is 1. The second kappa shape index (κ2) is 7.09. The second-order valence-corrected chi connectivity index (χ2v) is 4.61. The van der Waals surface area contributed by atoms with Crippen LogP contribution in [0.3, 0.4) is 0 Å². The Morgan fingerprint density at radius 1 is 1.48 bits per heavy atom. The Kier molecular flexibility index (Phi) is 5.73. The van der Waals surface area contributed by atoms with E-state index in [1.165, 1.54) is 6.07 Å². The van der Waals surface area contributed by atoms with Gasteiger partial charge >= 0.3 is 6.18 Å². The number of halogens is 3. The van der Waals surface area contributed by atoms with Crippen molar-refractivity contribution in [2.45, 2.75) is 38.4 Å². The van der Waals surface area contributed by atoms with Crippen molar-refractivity contribution >= 4 is 11.6 Å². The van der Waals surface area contributed by atoms with Gasteiger partial charge in [-0.15, -0.1) is 0 Å². The average molecular weight is 299 g/mol. The lowest BCUT2D eigenvalue weighted by molar-refractivity contribution is -0.137. The monoisotopic (exact) mass is 299 g/mol. The maximum Gasteiger partial charge on any atom is 0.418 e. The topological polar surface area (TPSA) is 78.9 Å². The van der Waals surface area contributed by atoms with Crippen molar-refractivity contribution in [2.75, 3.05) is 5.32 Å². The van der Waals surface area contributed by atoms with E-state index in [-0.39, 0.29) is 5.56 Å². The van der Waals surface area contributed by atoms with E-state index in [9.17, 15) is 18.0 Å². The second-order valence-electron chi connectivity index (χ2n) is 4.61. The summed E-state index contributed by atoms with van der Waals surface area (Å²) in [4.78, 5) is 11.8. The van der Waals surface area contributed by atoms with Crippen molar-refractivity contribution < 1.29 is 18.0 Å². The number of nitrogens with zero attached hydrogens (tertiary/aromatic N) is 1. The predicted octanol–water partition coefficient (Wildman–Crippen LogP) is 3.03. The Labute approximate surface area is 120 Å². The van der Waals surface area contributed by atoms with Crippen LogP contribution < -0.4 is 11.1 Å². The van der Waals surface area contributed by atoms with Gasteiger partial charge in [0.25, 0.3) is 0 Å². The summed E-state index contributed by atoms with van der Waals surface area (Å²) in [6.45, 7) is 1.92. The zero-order chi connectivity index (χ0) is 16.0. The standard InChI is InChI=1S/C14H16F3N3O/c1-2-3-4-11(19)13(21)20-12-6-5-9(8-18)7-10(12)14(15,16)17/h5-7,11H,2-4,19H2,1H3,(H,20,21)/t11-/m0/s1. The number of nitriles is 1. The molecule has 0 aliphatic rings. The van der Waals surface area contributed by atoms with Crippen LogP contribution in [0, 0.1) is 11.3 Å². The van der Waals surface area contributed by atoms with Crippen LogP contribution in [0.25, 0.3) is 0 Å². The number of nitrogens with two attached hydrogens (primary N) is 1. The number of hydrogen-bond donors (Lipinski definition) is 2. The van der Waals surface area contributed by atoms with Crippen molar-refractivity contribution in [3.63, 3.8) is 0 Å². The molecule has 0 heterocycles. The molecule has 3 N–H and O–H groups in total. The molecule has 114 valence electrons. The Bertz CT molecular complexity index is 549. The van der Waals surface area contributed by atoms with Crippen molar-refractivity contribution in [3.05, 3.63) is 29.3 Å².